The van der Waals surface area contributed by atoms with E-state index in [0.717, 1.165) is 33.9 Å². The lowest BCUT2D eigenvalue weighted by molar-refractivity contribution is 0.945. The maximum Gasteiger partial charge on any atom is 0.165 e. The third-order valence-electron chi connectivity index (χ3n) is 3.56. The number of aryl methyl sites for hydroxylation is 2. The fourth-order valence-corrected chi connectivity index (χ4v) is 2.50. The van der Waals surface area contributed by atoms with E-state index >= 15 is 0 Å². The standard InChI is InChI=1S/C15H14N6/c1-10-7-13(19-18-10)15-16-5-6-21(15)11-3-4-12-14(8-11)20(2)9-17-12/h3-9H,1-2H3,(H,18,19). The number of nitrogens with one attached hydrogen (secondary N) is 1. The summed E-state index contributed by atoms with van der Waals surface area (Å²) in [5.41, 5.74) is 4.97. The Morgan fingerprint density at radius 2 is 2.05 bits per heavy atom. The number of aromatic amines is 1. The highest BCUT2D eigenvalue weighted by molar-refractivity contribution is 5.78. The van der Waals surface area contributed by atoms with Gasteiger partial charge in [-0.1, -0.05) is 0 Å². The zero-order chi connectivity index (χ0) is 14.4. The van der Waals surface area contributed by atoms with Crippen LogP contribution in [0.4, 0.5) is 0 Å². The molecule has 3 heterocycles. The van der Waals surface area contributed by atoms with Crippen LogP contribution in [0.1, 0.15) is 5.69 Å². The van der Waals surface area contributed by atoms with Crippen LogP contribution in [0.5, 0.6) is 0 Å². The molecule has 0 atom stereocenters. The van der Waals surface area contributed by atoms with Gasteiger partial charge in [-0.05, 0) is 31.2 Å². The van der Waals surface area contributed by atoms with Crippen molar-refractivity contribution in [3.05, 3.63) is 48.7 Å². The van der Waals surface area contributed by atoms with Crippen molar-refractivity contribution in [2.24, 2.45) is 7.05 Å². The Morgan fingerprint density at radius 1 is 1.14 bits per heavy atom. The Bertz CT molecular complexity index is 927. The molecule has 0 aliphatic carbocycles. The molecule has 0 spiro atoms. The number of nitrogens with zero attached hydrogens (tertiary/aromatic N) is 5. The van der Waals surface area contributed by atoms with E-state index in [1.807, 2.05) is 53.8 Å². The van der Waals surface area contributed by atoms with Crippen molar-refractivity contribution in [2.75, 3.05) is 0 Å². The molecule has 4 rings (SSSR count). The molecule has 0 radical (unpaired) electrons. The molecule has 1 aromatic carbocycles. The van der Waals surface area contributed by atoms with Crippen molar-refractivity contribution in [2.45, 2.75) is 6.92 Å². The lowest BCUT2D eigenvalue weighted by Crippen LogP contribution is -1.97. The van der Waals surface area contributed by atoms with Gasteiger partial charge in [0.05, 0.1) is 17.4 Å². The second-order valence-electron chi connectivity index (χ2n) is 5.09. The number of benzene rings is 1. The van der Waals surface area contributed by atoms with Gasteiger partial charge in [-0.3, -0.25) is 9.67 Å². The largest absolute Gasteiger partial charge is 0.334 e. The summed E-state index contributed by atoms with van der Waals surface area (Å²) >= 11 is 0. The summed E-state index contributed by atoms with van der Waals surface area (Å²) in [5, 5.41) is 7.24. The Kier molecular flexibility index (Phi) is 2.44. The molecule has 0 amide bonds. The SMILES string of the molecule is Cc1cc(-c2nccn2-c2ccc3ncn(C)c3c2)n[nH]1. The van der Waals surface area contributed by atoms with Crippen LogP contribution in [0.15, 0.2) is 43.0 Å². The summed E-state index contributed by atoms with van der Waals surface area (Å²) in [6.07, 6.45) is 5.55. The van der Waals surface area contributed by atoms with Gasteiger partial charge in [-0.25, -0.2) is 9.97 Å². The van der Waals surface area contributed by atoms with Crippen LogP contribution in [0.3, 0.4) is 0 Å². The molecule has 104 valence electrons. The van der Waals surface area contributed by atoms with E-state index in [2.05, 4.69) is 26.2 Å². The maximum atomic E-state index is 4.42. The Hall–Kier alpha value is -2.89. The summed E-state index contributed by atoms with van der Waals surface area (Å²) in [5.74, 6) is 0.820. The molecular formula is C15H14N6. The molecule has 6 heteroatoms. The minimum Gasteiger partial charge on any atom is -0.334 e. The highest BCUT2D eigenvalue weighted by Gasteiger charge is 2.11. The van der Waals surface area contributed by atoms with Gasteiger partial charge >= 0.3 is 0 Å². The molecule has 1 N–H and O–H groups in total. The summed E-state index contributed by atoms with van der Waals surface area (Å²) < 4.78 is 4.04. The number of aromatic nitrogens is 6. The molecule has 3 aromatic heterocycles. The first-order valence-electron chi connectivity index (χ1n) is 6.69. The van der Waals surface area contributed by atoms with Crippen LogP contribution in [0.2, 0.25) is 0 Å². The zero-order valence-electron chi connectivity index (χ0n) is 11.8. The quantitative estimate of drug-likeness (QED) is 0.612. The third-order valence-corrected chi connectivity index (χ3v) is 3.56. The van der Waals surface area contributed by atoms with E-state index in [1.54, 1.807) is 6.20 Å². The van der Waals surface area contributed by atoms with Crippen LogP contribution >= 0.6 is 0 Å². The van der Waals surface area contributed by atoms with Gasteiger partial charge < -0.3 is 4.57 Å². The van der Waals surface area contributed by atoms with Gasteiger partial charge in [0.25, 0.3) is 0 Å². The second kappa shape index (κ2) is 4.31. The highest BCUT2D eigenvalue weighted by atomic mass is 15.2. The first-order valence-corrected chi connectivity index (χ1v) is 6.69. The summed E-state index contributed by atoms with van der Waals surface area (Å²) in [4.78, 5) is 8.77. The van der Waals surface area contributed by atoms with Gasteiger partial charge in [0.1, 0.15) is 5.69 Å². The molecule has 0 aliphatic rings. The van der Waals surface area contributed by atoms with Gasteiger partial charge in [0.15, 0.2) is 5.82 Å². The van der Waals surface area contributed by atoms with Gasteiger partial charge in [0, 0.05) is 30.8 Å². The van der Waals surface area contributed by atoms with E-state index < -0.39 is 0 Å². The molecule has 0 aliphatic heterocycles. The molecular weight excluding hydrogens is 264 g/mol. The zero-order valence-corrected chi connectivity index (χ0v) is 11.8. The molecule has 0 saturated heterocycles. The van der Waals surface area contributed by atoms with Gasteiger partial charge in [-0.2, -0.15) is 5.10 Å². The molecule has 0 bridgehead atoms. The van der Waals surface area contributed by atoms with Crippen LogP contribution in [-0.4, -0.2) is 29.3 Å². The van der Waals surface area contributed by atoms with Crippen molar-refractivity contribution >= 4 is 11.0 Å². The number of hydrogen-bond donors (Lipinski definition) is 1. The fourth-order valence-electron chi connectivity index (χ4n) is 2.50. The summed E-state index contributed by atoms with van der Waals surface area (Å²) in [6, 6.07) is 8.15. The topological polar surface area (TPSA) is 64.3 Å². The van der Waals surface area contributed by atoms with Crippen LogP contribution in [-0.2, 0) is 7.05 Å². The molecule has 4 aromatic rings. The lowest BCUT2D eigenvalue weighted by Gasteiger charge is -2.06. The smallest absolute Gasteiger partial charge is 0.165 e. The monoisotopic (exact) mass is 278 g/mol. The second-order valence-corrected chi connectivity index (χ2v) is 5.09. The van der Waals surface area contributed by atoms with E-state index in [4.69, 9.17) is 0 Å². The number of hydrogen-bond acceptors (Lipinski definition) is 3. The van der Waals surface area contributed by atoms with E-state index in [0.29, 0.717) is 0 Å². The first-order chi connectivity index (χ1) is 10.2. The van der Waals surface area contributed by atoms with Gasteiger partial charge in [-0.15, -0.1) is 0 Å². The lowest BCUT2D eigenvalue weighted by atomic mass is 10.2. The predicted octanol–water partition coefficient (Wildman–Crippen LogP) is 2.46. The number of H-pyrrole nitrogens is 1. The van der Waals surface area contributed by atoms with Crippen LogP contribution in [0.25, 0.3) is 28.2 Å². The summed E-state index contributed by atoms with van der Waals surface area (Å²) in [6.45, 7) is 1.98. The molecule has 6 nitrogen and oxygen atoms in total. The average molecular weight is 278 g/mol. The normalized spacial score (nSPS) is 11.3. The number of rotatable bonds is 2. The number of fused-ring (bicyclic) bond motifs is 1. The van der Waals surface area contributed by atoms with E-state index in [9.17, 15) is 0 Å². The van der Waals surface area contributed by atoms with Crippen molar-refractivity contribution in [1.29, 1.82) is 0 Å². The van der Waals surface area contributed by atoms with Crippen molar-refractivity contribution in [3.63, 3.8) is 0 Å². The molecule has 21 heavy (non-hydrogen) atoms. The van der Waals surface area contributed by atoms with Gasteiger partial charge in [0.2, 0.25) is 0 Å². The average Bonchev–Trinajstić information content (AvgIpc) is 3.19. The van der Waals surface area contributed by atoms with Crippen LogP contribution < -0.4 is 0 Å². The Morgan fingerprint density at radius 3 is 2.86 bits per heavy atom. The van der Waals surface area contributed by atoms with Crippen LogP contribution in [0, 0.1) is 6.92 Å². The highest BCUT2D eigenvalue weighted by Crippen LogP contribution is 2.23. The minimum atomic E-state index is 0.820. The maximum absolute atomic E-state index is 4.42. The van der Waals surface area contributed by atoms with Crippen molar-refractivity contribution < 1.29 is 0 Å². The Balaban J connectivity index is 1.89. The minimum absolute atomic E-state index is 0.820. The molecule has 0 fully saturated rings. The molecule has 0 saturated carbocycles. The van der Waals surface area contributed by atoms with E-state index in [-0.39, 0.29) is 0 Å². The van der Waals surface area contributed by atoms with E-state index in [1.165, 1.54) is 0 Å². The molecule has 0 unspecified atom stereocenters. The number of imidazole rings is 2. The fraction of sp³-hybridized carbons (Fsp3) is 0.133. The predicted molar refractivity (Wildman–Crippen MR) is 80.2 cm³/mol. The summed E-state index contributed by atoms with van der Waals surface area (Å²) in [7, 11) is 1.99. The van der Waals surface area contributed by atoms with Crippen molar-refractivity contribution in [1.82, 2.24) is 29.3 Å². The first kappa shape index (κ1) is 11.9. The third kappa shape index (κ3) is 1.84. The van der Waals surface area contributed by atoms with Crippen molar-refractivity contribution in [3.8, 4) is 17.2 Å². The Labute approximate surface area is 121 Å².